The molecule has 0 radical (unpaired) electrons. The van der Waals surface area contributed by atoms with Crippen LogP contribution >= 0.6 is 11.3 Å². The molecule has 0 saturated carbocycles. The third kappa shape index (κ3) is 7.20. The molecular weight excluding hydrogens is 474 g/mol. The summed E-state index contributed by atoms with van der Waals surface area (Å²) < 4.78 is 5.38. The summed E-state index contributed by atoms with van der Waals surface area (Å²) in [6.07, 6.45) is 0.819. The lowest BCUT2D eigenvalue weighted by Crippen LogP contribution is -2.37. The number of likely N-dealkylation sites (tertiary alicyclic amines) is 1. The predicted octanol–water partition coefficient (Wildman–Crippen LogP) is 2.74. The highest BCUT2D eigenvalue weighted by Gasteiger charge is 2.33. The van der Waals surface area contributed by atoms with Crippen LogP contribution < -0.4 is 10.5 Å². The molecule has 1 aliphatic heterocycles. The van der Waals surface area contributed by atoms with E-state index in [4.69, 9.17) is 21.0 Å². The average Bonchev–Trinajstić information content (AvgIpc) is 3.46. The number of carboxylic acids is 2. The Balaban J connectivity index is 1.58. The maximum absolute atomic E-state index is 12.8. The zero-order chi connectivity index (χ0) is 25.5. The molecule has 1 aliphatic rings. The fourth-order valence-corrected chi connectivity index (χ4v) is 4.91. The Kier molecular flexibility index (Phi) is 8.72. The molecule has 1 fully saturated rings. The van der Waals surface area contributed by atoms with Crippen molar-refractivity contribution in [1.82, 2.24) is 4.90 Å². The number of rotatable bonds is 12. The van der Waals surface area contributed by atoms with Crippen molar-refractivity contribution in [2.24, 2.45) is 11.7 Å². The fourth-order valence-electron chi connectivity index (χ4n) is 4.00. The molecule has 1 aromatic carbocycles. The Labute approximate surface area is 205 Å². The Bertz CT molecular complexity index is 1110. The Morgan fingerprint density at radius 1 is 1.14 bits per heavy atom. The molecule has 0 bridgehead atoms. The van der Waals surface area contributed by atoms with Crippen molar-refractivity contribution < 1.29 is 34.1 Å². The second kappa shape index (κ2) is 11.7. The lowest BCUT2D eigenvalue weighted by molar-refractivity contribution is -0.145. The summed E-state index contributed by atoms with van der Waals surface area (Å²) in [6, 6.07) is 9.32. The molecule has 3 rings (SSSR count). The summed E-state index contributed by atoms with van der Waals surface area (Å²) in [5.74, 6) is -3.75. The maximum atomic E-state index is 12.8. The van der Waals surface area contributed by atoms with E-state index in [9.17, 15) is 24.3 Å². The minimum atomic E-state index is -1.17. The minimum Gasteiger partial charge on any atom is -0.481 e. The number of nitrogens with two attached hydrogens (primary N) is 1. The van der Waals surface area contributed by atoms with E-state index in [0.717, 1.165) is 11.3 Å². The zero-order valence-electron chi connectivity index (χ0n) is 18.9. The maximum Gasteiger partial charge on any atom is 0.353 e. The predicted molar refractivity (Wildman–Crippen MR) is 128 cm³/mol. The molecule has 0 amide bonds. The number of aliphatic carboxylic acids is 2. The minimum absolute atomic E-state index is 0.0804. The van der Waals surface area contributed by atoms with Crippen molar-refractivity contribution in [3.63, 3.8) is 0 Å². The molecule has 0 unspecified atom stereocenters. The van der Waals surface area contributed by atoms with Crippen molar-refractivity contribution in [3.05, 3.63) is 51.7 Å². The lowest BCUT2D eigenvalue weighted by Gasteiger charge is -2.24. The van der Waals surface area contributed by atoms with Gasteiger partial charge < -0.3 is 20.7 Å². The number of hydrogen-bond donors (Lipinski definition) is 4. The summed E-state index contributed by atoms with van der Waals surface area (Å²) in [4.78, 5) is 50.8. The number of amidine groups is 1. The molecule has 0 spiro atoms. The van der Waals surface area contributed by atoms with E-state index in [1.807, 2.05) is 4.90 Å². The monoisotopic (exact) mass is 501 g/mol. The van der Waals surface area contributed by atoms with Crippen LogP contribution in [0.4, 0.5) is 0 Å². The van der Waals surface area contributed by atoms with Crippen LogP contribution in [0.5, 0.6) is 5.75 Å². The van der Waals surface area contributed by atoms with Crippen molar-refractivity contribution >= 4 is 40.9 Å². The van der Waals surface area contributed by atoms with Gasteiger partial charge in [-0.1, -0.05) is 0 Å². The largest absolute Gasteiger partial charge is 0.481 e. The Hall–Kier alpha value is -3.57. The second-order valence-corrected chi connectivity index (χ2v) is 9.53. The molecular formula is C24H27N3O7S. The molecule has 11 heteroatoms. The first kappa shape index (κ1) is 26.0. The highest BCUT2D eigenvalue weighted by atomic mass is 32.1. The van der Waals surface area contributed by atoms with Gasteiger partial charge in [-0.3, -0.25) is 24.7 Å². The van der Waals surface area contributed by atoms with E-state index in [0.29, 0.717) is 35.7 Å². The lowest BCUT2D eigenvalue weighted by atomic mass is 9.93. The highest BCUT2D eigenvalue weighted by molar-refractivity contribution is 7.13. The second-order valence-electron chi connectivity index (χ2n) is 8.36. The first-order valence-corrected chi connectivity index (χ1v) is 11.9. The van der Waals surface area contributed by atoms with E-state index in [1.165, 1.54) is 11.3 Å². The zero-order valence-corrected chi connectivity index (χ0v) is 19.8. The number of benzene rings is 1. The van der Waals surface area contributed by atoms with Crippen LogP contribution in [0.3, 0.4) is 0 Å². The van der Waals surface area contributed by atoms with Gasteiger partial charge in [0, 0.05) is 29.8 Å². The van der Waals surface area contributed by atoms with E-state index in [1.54, 1.807) is 36.4 Å². The van der Waals surface area contributed by atoms with E-state index in [-0.39, 0.29) is 30.9 Å². The van der Waals surface area contributed by atoms with Gasteiger partial charge in [0.2, 0.25) is 0 Å². The number of nitrogen functional groups attached to an aromatic ring is 1. The van der Waals surface area contributed by atoms with Crippen LogP contribution in [0.15, 0.2) is 36.4 Å². The Morgan fingerprint density at radius 2 is 1.86 bits per heavy atom. The van der Waals surface area contributed by atoms with Crippen molar-refractivity contribution in [2.75, 3.05) is 6.54 Å². The van der Waals surface area contributed by atoms with Gasteiger partial charge in [0.15, 0.2) is 5.78 Å². The summed E-state index contributed by atoms with van der Waals surface area (Å²) in [7, 11) is 0. The van der Waals surface area contributed by atoms with Gasteiger partial charge in [-0.2, -0.15) is 0 Å². The fraction of sp³-hybridized carbons (Fsp3) is 0.375. The van der Waals surface area contributed by atoms with E-state index >= 15 is 0 Å². The average molecular weight is 502 g/mol. The number of nitrogens with one attached hydrogen (secondary N) is 1. The number of carbonyl (C=O) groups excluding carboxylic acids is 2. The van der Waals surface area contributed by atoms with Crippen molar-refractivity contribution in [2.45, 2.75) is 44.7 Å². The molecule has 2 atom stereocenters. The standard InChI is InChI=1S/C24H27N3O7S/c25-22(26)14-3-6-16(7-4-14)34-24(33)20-9-8-17(35-20)13-27-11-1-2-18(27)19(28)12-15(23(31)32)5-10-21(29)30/h3-4,6-9,15,18H,1-2,5,10-13H2,(H3,25,26)(H,29,30)(H,31,32)/t15-,18+/m1/s1. The summed E-state index contributed by atoms with van der Waals surface area (Å²) >= 11 is 1.26. The van der Waals surface area contributed by atoms with Gasteiger partial charge in [-0.05, 0) is 62.2 Å². The third-order valence-electron chi connectivity index (χ3n) is 5.84. The Morgan fingerprint density at radius 3 is 2.49 bits per heavy atom. The summed E-state index contributed by atoms with van der Waals surface area (Å²) in [5.41, 5.74) is 5.94. The smallest absolute Gasteiger partial charge is 0.353 e. The third-order valence-corrected chi connectivity index (χ3v) is 6.89. The van der Waals surface area contributed by atoms with E-state index < -0.39 is 29.9 Å². The molecule has 10 nitrogen and oxygen atoms in total. The van der Waals surface area contributed by atoms with Crippen LogP contribution in [0.2, 0.25) is 0 Å². The summed E-state index contributed by atoms with van der Waals surface area (Å²) in [6.45, 7) is 1.11. The normalized spacial score (nSPS) is 16.5. The topological polar surface area (TPSA) is 171 Å². The van der Waals surface area contributed by atoms with Crippen LogP contribution in [0.1, 0.15) is 52.2 Å². The first-order chi connectivity index (χ1) is 16.6. The van der Waals surface area contributed by atoms with Gasteiger partial charge in [-0.25, -0.2) is 4.79 Å². The van der Waals surface area contributed by atoms with Gasteiger partial charge in [0.1, 0.15) is 16.5 Å². The van der Waals surface area contributed by atoms with Gasteiger partial charge in [0.25, 0.3) is 0 Å². The van der Waals surface area contributed by atoms with Crippen LogP contribution in [0.25, 0.3) is 0 Å². The van der Waals surface area contributed by atoms with Crippen molar-refractivity contribution in [1.29, 1.82) is 5.41 Å². The number of ketones is 1. The quantitative estimate of drug-likeness (QED) is 0.148. The molecule has 2 aromatic rings. The molecule has 0 aliphatic carbocycles. The van der Waals surface area contributed by atoms with Gasteiger partial charge in [0.05, 0.1) is 12.0 Å². The number of hydrogen-bond acceptors (Lipinski definition) is 8. The molecule has 1 saturated heterocycles. The number of Topliss-reactive ketones (excluding diaryl/α,β-unsaturated/α-hetero) is 1. The molecule has 1 aromatic heterocycles. The van der Waals surface area contributed by atoms with Gasteiger partial charge >= 0.3 is 17.9 Å². The van der Waals surface area contributed by atoms with Gasteiger partial charge in [-0.15, -0.1) is 11.3 Å². The van der Waals surface area contributed by atoms with Crippen LogP contribution in [0, 0.1) is 11.3 Å². The van der Waals surface area contributed by atoms with Crippen LogP contribution in [-0.4, -0.2) is 57.2 Å². The summed E-state index contributed by atoms with van der Waals surface area (Å²) in [5, 5.41) is 25.6. The van der Waals surface area contributed by atoms with Crippen LogP contribution in [-0.2, 0) is 20.9 Å². The number of thiophene rings is 1. The molecule has 2 heterocycles. The SMILES string of the molecule is N=C(N)c1ccc(OC(=O)c2ccc(CN3CCC[C@H]3C(=O)C[C@@H](CCC(=O)O)C(=O)O)s2)cc1. The number of esters is 1. The number of nitrogens with zero attached hydrogens (tertiary/aromatic N) is 1. The highest BCUT2D eigenvalue weighted by Crippen LogP contribution is 2.27. The molecule has 5 N–H and O–H groups in total. The number of carbonyl (C=O) groups is 4. The number of ether oxygens (including phenoxy) is 1. The molecule has 186 valence electrons. The first-order valence-electron chi connectivity index (χ1n) is 11.1. The molecule has 35 heavy (non-hydrogen) atoms. The van der Waals surface area contributed by atoms with Crippen molar-refractivity contribution in [3.8, 4) is 5.75 Å². The number of carboxylic acid groups (broad SMARTS) is 2. The van der Waals surface area contributed by atoms with E-state index in [2.05, 4.69) is 0 Å².